The summed E-state index contributed by atoms with van der Waals surface area (Å²) in [7, 11) is 1.84. The van der Waals surface area contributed by atoms with Gasteiger partial charge in [0.15, 0.2) is 0 Å². The van der Waals surface area contributed by atoms with Gasteiger partial charge in [-0.25, -0.2) is 8.70 Å². The van der Waals surface area contributed by atoms with Crippen molar-refractivity contribution in [2.45, 2.75) is 37.3 Å². The normalized spacial score (nSPS) is 15.3. The van der Waals surface area contributed by atoms with Crippen LogP contribution in [0, 0.1) is 28.5 Å². The molecular weight excluding hydrogens is 633 g/mol. The Morgan fingerprint density at radius 2 is 1.62 bits per heavy atom. The SMILES string of the molecule is C=C(NC)c1cccc(-c2cccc(CC(C)(C(=C)Nc3ccc(C#N)c(C(F)(F)F)c3)C3CCN(Sc4cccc(F)c4)CC3)c2)c1. The molecule has 0 aliphatic carbocycles. The summed E-state index contributed by atoms with van der Waals surface area (Å²) in [4.78, 5) is 0.836. The Balaban J connectivity index is 1.43. The van der Waals surface area contributed by atoms with E-state index < -0.39 is 22.7 Å². The van der Waals surface area contributed by atoms with Crippen LogP contribution in [0.2, 0.25) is 0 Å². The van der Waals surface area contributed by atoms with Gasteiger partial charge >= 0.3 is 6.18 Å². The van der Waals surface area contributed by atoms with Gasteiger partial charge in [-0.3, -0.25) is 0 Å². The van der Waals surface area contributed by atoms with E-state index in [2.05, 4.69) is 65.4 Å². The molecule has 0 aromatic heterocycles. The first kappa shape index (κ1) is 34.8. The fourth-order valence-electron chi connectivity index (χ4n) is 6.34. The quantitative estimate of drug-likeness (QED) is 0.123. The molecule has 0 amide bonds. The third kappa shape index (κ3) is 8.12. The van der Waals surface area contributed by atoms with Gasteiger partial charge in [0, 0.05) is 47.5 Å². The standard InChI is InChI=1S/C39H38F4N4S/c1-26(45-4)29-9-6-11-31(21-29)30-10-5-8-28(20-30)24-38(3,27(2)46-35-15-14-32(25-44)37(23-35)39(41,42)43)33-16-18-47(19-17-33)48-36-13-7-12-34(40)22-36/h5-15,20-23,33,45-46H,1-2,16-19,24H2,3-4H3. The first-order valence-electron chi connectivity index (χ1n) is 15.7. The zero-order chi connectivity index (χ0) is 34.5. The summed E-state index contributed by atoms with van der Waals surface area (Å²) in [5.74, 6) is -0.129. The highest BCUT2D eigenvalue weighted by Gasteiger charge is 2.40. The molecule has 0 spiro atoms. The zero-order valence-corrected chi connectivity index (χ0v) is 27.8. The van der Waals surface area contributed by atoms with Crippen molar-refractivity contribution in [3.63, 3.8) is 0 Å². The topological polar surface area (TPSA) is 51.1 Å². The molecular formula is C39H38F4N4S. The monoisotopic (exact) mass is 670 g/mol. The fourth-order valence-corrected chi connectivity index (χ4v) is 7.34. The van der Waals surface area contributed by atoms with Crippen molar-refractivity contribution in [1.29, 1.82) is 5.26 Å². The van der Waals surface area contributed by atoms with E-state index in [1.807, 2.05) is 31.3 Å². The molecule has 1 heterocycles. The number of nitrogens with one attached hydrogen (secondary N) is 2. The molecule has 2 N–H and O–H groups in total. The zero-order valence-electron chi connectivity index (χ0n) is 27.0. The van der Waals surface area contributed by atoms with Crippen LogP contribution in [-0.2, 0) is 12.6 Å². The molecule has 1 fully saturated rings. The van der Waals surface area contributed by atoms with Crippen LogP contribution in [0.25, 0.3) is 16.8 Å². The number of anilines is 1. The van der Waals surface area contributed by atoms with E-state index in [1.165, 1.54) is 36.2 Å². The van der Waals surface area contributed by atoms with E-state index in [4.69, 9.17) is 0 Å². The molecule has 1 saturated heterocycles. The minimum Gasteiger partial charge on any atom is -0.388 e. The maximum atomic E-state index is 13.8. The van der Waals surface area contributed by atoms with E-state index in [9.17, 15) is 22.8 Å². The summed E-state index contributed by atoms with van der Waals surface area (Å²) < 4.78 is 57.5. The number of hydrogen-bond acceptors (Lipinski definition) is 5. The van der Waals surface area contributed by atoms with Crippen molar-refractivity contribution >= 4 is 23.3 Å². The minimum atomic E-state index is -4.67. The summed E-state index contributed by atoms with van der Waals surface area (Å²) >= 11 is 1.53. The van der Waals surface area contributed by atoms with Gasteiger partial charge in [0.2, 0.25) is 0 Å². The van der Waals surface area contributed by atoms with Gasteiger partial charge in [0.25, 0.3) is 0 Å². The first-order valence-corrected chi connectivity index (χ1v) is 16.5. The van der Waals surface area contributed by atoms with Crippen LogP contribution in [0.3, 0.4) is 0 Å². The fraction of sp³-hybridized carbons (Fsp3) is 0.256. The summed E-state index contributed by atoms with van der Waals surface area (Å²) in [6.45, 7) is 12.1. The van der Waals surface area contributed by atoms with E-state index in [0.717, 1.165) is 64.8 Å². The van der Waals surface area contributed by atoms with Crippen molar-refractivity contribution < 1.29 is 17.6 Å². The molecule has 4 aromatic rings. The molecule has 5 rings (SSSR count). The molecule has 0 radical (unpaired) electrons. The van der Waals surface area contributed by atoms with Gasteiger partial charge in [-0.2, -0.15) is 18.4 Å². The highest BCUT2D eigenvalue weighted by atomic mass is 32.2. The summed E-state index contributed by atoms with van der Waals surface area (Å²) in [6, 6.07) is 28.3. The van der Waals surface area contributed by atoms with Gasteiger partial charge in [-0.15, -0.1) is 0 Å². The number of nitriles is 1. The Labute approximate surface area is 284 Å². The van der Waals surface area contributed by atoms with E-state index in [-0.39, 0.29) is 17.4 Å². The maximum absolute atomic E-state index is 13.8. The summed E-state index contributed by atoms with van der Waals surface area (Å²) in [5.41, 5.74) is 3.85. The molecule has 1 aliphatic heterocycles. The lowest BCUT2D eigenvalue weighted by Crippen LogP contribution is -2.41. The van der Waals surface area contributed by atoms with Crippen LogP contribution in [0.1, 0.15) is 42.0 Å². The second-order valence-electron chi connectivity index (χ2n) is 12.3. The average Bonchev–Trinajstić information content (AvgIpc) is 3.08. The van der Waals surface area contributed by atoms with Crippen molar-refractivity contribution in [2.75, 3.05) is 25.5 Å². The van der Waals surface area contributed by atoms with Crippen LogP contribution in [0.15, 0.2) is 115 Å². The van der Waals surface area contributed by atoms with Crippen LogP contribution >= 0.6 is 11.9 Å². The Bertz CT molecular complexity index is 1840. The van der Waals surface area contributed by atoms with Crippen LogP contribution in [0.4, 0.5) is 23.2 Å². The van der Waals surface area contributed by atoms with Crippen molar-refractivity contribution in [2.24, 2.45) is 11.3 Å². The highest BCUT2D eigenvalue weighted by molar-refractivity contribution is 7.97. The lowest BCUT2D eigenvalue weighted by atomic mass is 9.67. The molecule has 0 bridgehead atoms. The summed E-state index contributed by atoms with van der Waals surface area (Å²) in [5, 5.41) is 15.6. The Kier molecular flexibility index (Phi) is 10.7. The largest absolute Gasteiger partial charge is 0.417 e. The lowest BCUT2D eigenvalue weighted by Gasteiger charge is -2.44. The summed E-state index contributed by atoms with van der Waals surface area (Å²) in [6.07, 6.45) is -2.44. The van der Waals surface area contributed by atoms with Gasteiger partial charge in [0.1, 0.15) is 5.82 Å². The number of rotatable bonds is 11. The molecule has 1 atom stereocenters. The van der Waals surface area contributed by atoms with Gasteiger partial charge in [0.05, 0.1) is 17.2 Å². The molecule has 48 heavy (non-hydrogen) atoms. The molecule has 248 valence electrons. The number of benzene rings is 4. The lowest BCUT2D eigenvalue weighted by molar-refractivity contribution is -0.137. The molecule has 1 unspecified atom stereocenters. The predicted octanol–water partition coefficient (Wildman–Crippen LogP) is 10.2. The number of allylic oxidation sites excluding steroid dienone is 1. The van der Waals surface area contributed by atoms with Gasteiger partial charge in [-0.1, -0.05) is 68.6 Å². The van der Waals surface area contributed by atoms with Crippen molar-refractivity contribution in [3.8, 4) is 17.2 Å². The third-order valence-corrected chi connectivity index (χ3v) is 10.2. The second kappa shape index (κ2) is 14.7. The molecule has 0 saturated carbocycles. The third-order valence-electron chi connectivity index (χ3n) is 9.16. The number of piperidine rings is 1. The molecule has 1 aliphatic rings. The van der Waals surface area contributed by atoms with E-state index >= 15 is 0 Å². The van der Waals surface area contributed by atoms with Crippen molar-refractivity contribution in [1.82, 2.24) is 9.62 Å². The van der Waals surface area contributed by atoms with Gasteiger partial charge < -0.3 is 10.6 Å². The number of hydrogen-bond donors (Lipinski definition) is 2. The number of nitrogens with zero attached hydrogens (tertiary/aromatic N) is 2. The maximum Gasteiger partial charge on any atom is 0.417 e. The first-order chi connectivity index (χ1) is 22.9. The molecule has 4 nitrogen and oxygen atoms in total. The van der Waals surface area contributed by atoms with Gasteiger partial charge in [-0.05, 0) is 102 Å². The van der Waals surface area contributed by atoms with Crippen LogP contribution < -0.4 is 10.6 Å². The number of alkyl halides is 3. The average molecular weight is 671 g/mol. The highest BCUT2D eigenvalue weighted by Crippen LogP contribution is 2.46. The van der Waals surface area contributed by atoms with Crippen LogP contribution in [0.5, 0.6) is 0 Å². The van der Waals surface area contributed by atoms with E-state index in [0.29, 0.717) is 12.1 Å². The number of halogens is 4. The minimum absolute atomic E-state index is 0.147. The molecule has 9 heteroatoms. The smallest absolute Gasteiger partial charge is 0.388 e. The predicted molar refractivity (Wildman–Crippen MR) is 187 cm³/mol. The second-order valence-corrected chi connectivity index (χ2v) is 13.5. The Morgan fingerprint density at radius 3 is 2.29 bits per heavy atom. The van der Waals surface area contributed by atoms with Crippen LogP contribution in [-0.4, -0.2) is 24.4 Å². The Hall–Kier alpha value is -4.52. The van der Waals surface area contributed by atoms with E-state index in [1.54, 1.807) is 12.1 Å². The Morgan fingerprint density at radius 1 is 0.938 bits per heavy atom. The van der Waals surface area contributed by atoms with Crippen molar-refractivity contribution in [3.05, 3.63) is 138 Å². The molecule has 4 aromatic carbocycles.